The van der Waals surface area contributed by atoms with E-state index in [9.17, 15) is 0 Å². The number of aryl methyl sites for hydroxylation is 4. The van der Waals surface area contributed by atoms with Gasteiger partial charge >= 0.3 is 19.5 Å². The predicted octanol–water partition coefficient (Wildman–Crippen LogP) is 11.3. The number of rotatable bonds is 4. The number of aromatic nitrogens is 1. The monoisotopic (exact) mass is 734 g/mol. The SMILES string of the molecule is Cc1ccc(C2=C3CC=C([N-]3)C(c3ccc(C)cc3)C3=NC(=C(c4ccc(C)cc4)c4ccc([n-]4)C(c4ccc(C)cc4)=C4C=CC2=N4)C=C3)cc1.[Zn+2]. The van der Waals surface area contributed by atoms with Gasteiger partial charge in [0.1, 0.15) is 0 Å². The van der Waals surface area contributed by atoms with E-state index in [2.05, 4.69) is 167 Å². The Morgan fingerprint density at radius 1 is 0.509 bits per heavy atom. The van der Waals surface area contributed by atoms with Gasteiger partial charge in [-0.15, -0.1) is 22.8 Å². The Bertz CT molecular complexity index is 2490. The number of hydrogen-bond donors (Lipinski definition) is 0. The molecule has 4 nitrogen and oxygen atoms in total. The molecule has 1 atom stereocenters. The summed E-state index contributed by atoms with van der Waals surface area (Å²) < 4.78 is 0. The smallest absolute Gasteiger partial charge is 0.663 e. The molecule has 0 fully saturated rings. The molecule has 1 aromatic heterocycles. The molecule has 8 bridgehead atoms. The minimum atomic E-state index is -0.133. The molecule has 1 unspecified atom stereocenters. The van der Waals surface area contributed by atoms with E-state index >= 15 is 0 Å². The summed E-state index contributed by atoms with van der Waals surface area (Å²) in [6.45, 7) is 8.49. The molecular weight excluding hydrogens is 698 g/mol. The van der Waals surface area contributed by atoms with Crippen molar-refractivity contribution >= 4 is 28.1 Å². The van der Waals surface area contributed by atoms with Gasteiger partial charge < -0.3 is 10.3 Å². The van der Waals surface area contributed by atoms with Crippen LogP contribution in [0.3, 0.4) is 0 Å². The van der Waals surface area contributed by atoms with E-state index in [1.165, 1.54) is 27.8 Å². The third kappa shape index (κ3) is 6.51. The summed E-state index contributed by atoms with van der Waals surface area (Å²) in [5, 5.41) is 5.47. The Morgan fingerprint density at radius 2 is 0.981 bits per heavy atom. The van der Waals surface area contributed by atoms with Crippen molar-refractivity contribution in [3.63, 3.8) is 0 Å². The molecule has 4 aromatic carbocycles. The quantitative estimate of drug-likeness (QED) is 0.170. The molecule has 5 heteroatoms. The van der Waals surface area contributed by atoms with Crippen LogP contribution in [0.25, 0.3) is 22.0 Å². The third-order valence-corrected chi connectivity index (χ3v) is 10.3. The van der Waals surface area contributed by atoms with Crippen LogP contribution in [0, 0.1) is 27.7 Å². The molecule has 0 spiro atoms. The molecular formula is C48H38N4Zn. The summed E-state index contributed by atoms with van der Waals surface area (Å²) in [6.07, 6.45) is 11.6. The minimum Gasteiger partial charge on any atom is -0.663 e. The van der Waals surface area contributed by atoms with Crippen LogP contribution in [0.2, 0.25) is 0 Å². The first kappa shape index (κ1) is 34.4. The second-order valence-electron chi connectivity index (χ2n) is 14.1. The molecule has 0 saturated carbocycles. The van der Waals surface area contributed by atoms with Gasteiger partial charge in [0, 0.05) is 5.92 Å². The van der Waals surface area contributed by atoms with Crippen LogP contribution in [0.5, 0.6) is 0 Å². The van der Waals surface area contributed by atoms with Crippen LogP contribution >= 0.6 is 0 Å². The van der Waals surface area contributed by atoms with Crippen molar-refractivity contribution in [2.75, 3.05) is 0 Å². The van der Waals surface area contributed by atoms with Crippen LogP contribution in [-0.4, -0.2) is 11.4 Å². The van der Waals surface area contributed by atoms with Crippen LogP contribution in [0.15, 0.2) is 172 Å². The molecule has 0 saturated heterocycles. The van der Waals surface area contributed by atoms with Crippen LogP contribution in [0.1, 0.15) is 68.2 Å². The van der Waals surface area contributed by atoms with Crippen molar-refractivity contribution in [1.29, 1.82) is 0 Å². The number of allylic oxidation sites excluding steroid dienone is 7. The summed E-state index contributed by atoms with van der Waals surface area (Å²) in [7, 11) is 0. The van der Waals surface area contributed by atoms with Crippen molar-refractivity contribution in [3.8, 4) is 0 Å². The maximum atomic E-state index is 5.47. The van der Waals surface area contributed by atoms with Gasteiger partial charge in [0.25, 0.3) is 0 Å². The van der Waals surface area contributed by atoms with Gasteiger partial charge in [0.05, 0.1) is 22.8 Å². The Balaban J connectivity index is 0.00000400. The van der Waals surface area contributed by atoms with Gasteiger partial charge in [-0.3, -0.25) is 4.99 Å². The van der Waals surface area contributed by atoms with Crippen LogP contribution in [-0.2, 0) is 19.5 Å². The predicted molar refractivity (Wildman–Crippen MR) is 215 cm³/mol. The maximum Gasteiger partial charge on any atom is 2.00 e. The zero-order valence-electron chi connectivity index (χ0n) is 30.6. The second-order valence-corrected chi connectivity index (χ2v) is 14.1. The fraction of sp³-hybridized carbons (Fsp3) is 0.125. The topological polar surface area (TPSA) is 52.9 Å². The normalized spacial score (nSPS) is 17.5. The first-order valence-electron chi connectivity index (χ1n) is 18.0. The minimum absolute atomic E-state index is 0. The van der Waals surface area contributed by atoms with Crippen molar-refractivity contribution in [1.82, 2.24) is 4.98 Å². The average molecular weight is 736 g/mol. The molecule has 5 aromatic rings. The summed E-state index contributed by atoms with van der Waals surface area (Å²) >= 11 is 0. The Morgan fingerprint density at radius 3 is 1.53 bits per heavy atom. The fourth-order valence-electron chi connectivity index (χ4n) is 7.48. The molecule has 9 rings (SSSR count). The first-order valence-corrected chi connectivity index (χ1v) is 18.0. The number of fused-ring (bicyclic) bond motifs is 6. The second kappa shape index (κ2) is 14.1. The van der Waals surface area contributed by atoms with Gasteiger partial charge in [-0.2, -0.15) is 0 Å². The van der Waals surface area contributed by atoms with E-state index in [0.29, 0.717) is 6.42 Å². The van der Waals surface area contributed by atoms with Gasteiger partial charge in [-0.1, -0.05) is 138 Å². The Hall–Kier alpha value is -5.64. The van der Waals surface area contributed by atoms with Crippen molar-refractivity contribution in [2.24, 2.45) is 9.98 Å². The summed E-state index contributed by atoms with van der Waals surface area (Å²) in [5.74, 6) is -0.133. The van der Waals surface area contributed by atoms with Crippen LogP contribution in [0.4, 0.5) is 0 Å². The van der Waals surface area contributed by atoms with Gasteiger partial charge in [0.15, 0.2) is 0 Å². The van der Waals surface area contributed by atoms with E-state index in [1.54, 1.807) is 0 Å². The average Bonchev–Trinajstić information content (AvgIpc) is 3.99. The van der Waals surface area contributed by atoms with E-state index in [0.717, 1.165) is 79.0 Å². The first-order chi connectivity index (χ1) is 25.4. The van der Waals surface area contributed by atoms with E-state index in [1.807, 2.05) is 0 Å². The van der Waals surface area contributed by atoms with Crippen LogP contribution < -0.4 is 4.98 Å². The molecule has 53 heavy (non-hydrogen) atoms. The van der Waals surface area contributed by atoms with Crippen molar-refractivity contribution < 1.29 is 19.5 Å². The molecule has 0 N–H and O–H groups in total. The Labute approximate surface area is 324 Å². The molecule has 0 radical (unpaired) electrons. The molecule has 4 aliphatic heterocycles. The largest absolute Gasteiger partial charge is 2.00 e. The van der Waals surface area contributed by atoms with Crippen molar-refractivity contribution in [2.45, 2.75) is 40.0 Å². The Kier molecular flexibility index (Phi) is 9.14. The third-order valence-electron chi connectivity index (χ3n) is 10.3. The summed E-state index contributed by atoms with van der Waals surface area (Å²) in [5.41, 5.74) is 19.8. The number of hydrogen-bond acceptors (Lipinski definition) is 2. The summed E-state index contributed by atoms with van der Waals surface area (Å²) in [6, 6.07) is 39.1. The number of benzene rings is 4. The zero-order valence-corrected chi connectivity index (χ0v) is 33.5. The molecule has 0 amide bonds. The van der Waals surface area contributed by atoms with Gasteiger partial charge in [-0.25, -0.2) is 4.99 Å². The molecule has 4 aliphatic rings. The van der Waals surface area contributed by atoms with Gasteiger partial charge in [0.2, 0.25) is 0 Å². The summed E-state index contributed by atoms with van der Waals surface area (Å²) in [4.78, 5) is 16.2. The van der Waals surface area contributed by atoms with E-state index < -0.39 is 0 Å². The maximum absolute atomic E-state index is 5.47. The standard InChI is InChI=1S/C48H38N4.Zn/c1-29-5-13-33(14-6-29)45-37-21-23-39(49-37)46(34-15-7-30(2)8-16-34)41-25-27-43(51-41)48(36-19-11-32(4)12-20-36)44-28-26-42(52-44)47(40-24-22-38(45)50-40)35-17-9-31(3)10-18-35;/h5-27,47H,28H2,1-4H3;/q-2;+2. The fourth-order valence-corrected chi connectivity index (χ4v) is 7.48. The van der Waals surface area contributed by atoms with Gasteiger partial charge in [-0.05, 0) is 97.4 Å². The zero-order chi connectivity index (χ0) is 35.3. The van der Waals surface area contributed by atoms with E-state index in [4.69, 9.17) is 20.3 Å². The number of aliphatic imine (C=N–C) groups is 2. The van der Waals surface area contributed by atoms with Crippen molar-refractivity contribution in [3.05, 3.63) is 224 Å². The van der Waals surface area contributed by atoms with E-state index in [-0.39, 0.29) is 25.4 Å². The number of nitrogens with zero attached hydrogens (tertiary/aromatic N) is 4. The molecule has 252 valence electrons. The molecule has 0 aliphatic carbocycles. The molecule has 5 heterocycles.